The molecule has 0 amide bonds. The summed E-state index contributed by atoms with van der Waals surface area (Å²) >= 11 is 0. The van der Waals surface area contributed by atoms with Crippen LogP contribution in [0.25, 0.3) is 0 Å². The Labute approximate surface area is 125 Å². The normalized spacial score (nSPS) is 28.8. The third kappa shape index (κ3) is 3.06. The molecule has 4 unspecified atom stereocenters. The number of rotatable bonds is 6. The zero-order valence-electron chi connectivity index (χ0n) is 12.8. The molecular weight excluding hydrogens is 269 g/mol. The second-order valence-electron chi connectivity index (χ2n) is 6.11. The molecular formula is C17H24FNO2. The van der Waals surface area contributed by atoms with Gasteiger partial charge in [0.1, 0.15) is 0 Å². The van der Waals surface area contributed by atoms with Gasteiger partial charge in [-0.25, -0.2) is 4.39 Å². The van der Waals surface area contributed by atoms with E-state index in [0.29, 0.717) is 29.9 Å². The lowest BCUT2D eigenvalue weighted by Gasteiger charge is -2.29. The highest BCUT2D eigenvalue weighted by atomic mass is 19.1. The van der Waals surface area contributed by atoms with Crippen molar-refractivity contribution < 1.29 is 13.9 Å². The molecule has 4 heteroatoms. The smallest absolute Gasteiger partial charge is 0.165 e. The molecule has 21 heavy (non-hydrogen) atoms. The number of benzene rings is 1. The van der Waals surface area contributed by atoms with E-state index >= 15 is 0 Å². The molecule has 1 N–H and O–H groups in total. The number of ether oxygens (including phenoxy) is 2. The van der Waals surface area contributed by atoms with Gasteiger partial charge in [-0.1, -0.05) is 13.0 Å². The maximum atomic E-state index is 13.8. The van der Waals surface area contributed by atoms with Crippen LogP contribution in [0.1, 0.15) is 31.7 Å². The van der Waals surface area contributed by atoms with E-state index in [4.69, 9.17) is 9.47 Å². The number of hydrogen-bond donors (Lipinski definition) is 1. The molecule has 3 rings (SSSR count). The topological polar surface area (TPSA) is 30.5 Å². The second kappa shape index (κ2) is 6.32. The van der Waals surface area contributed by atoms with Gasteiger partial charge in [-0.2, -0.15) is 0 Å². The molecule has 4 atom stereocenters. The predicted molar refractivity (Wildman–Crippen MR) is 80.1 cm³/mol. The summed E-state index contributed by atoms with van der Waals surface area (Å²) < 4.78 is 24.8. The van der Waals surface area contributed by atoms with Gasteiger partial charge in [0.05, 0.1) is 19.3 Å². The van der Waals surface area contributed by atoms with Crippen LogP contribution in [0.5, 0.6) is 5.75 Å². The first-order chi connectivity index (χ1) is 10.2. The summed E-state index contributed by atoms with van der Waals surface area (Å²) in [5.74, 6) is 0.574. The van der Waals surface area contributed by atoms with Crippen LogP contribution >= 0.6 is 0 Å². The highest BCUT2D eigenvalue weighted by Crippen LogP contribution is 2.41. The first-order valence-corrected chi connectivity index (χ1v) is 7.92. The fourth-order valence-electron chi connectivity index (χ4n) is 3.83. The van der Waals surface area contributed by atoms with Crippen molar-refractivity contribution in [2.75, 3.05) is 13.7 Å². The van der Waals surface area contributed by atoms with Gasteiger partial charge in [0.2, 0.25) is 0 Å². The minimum absolute atomic E-state index is 0.283. The molecule has 1 aromatic rings. The first kappa shape index (κ1) is 14.8. The van der Waals surface area contributed by atoms with Crippen molar-refractivity contribution in [2.45, 2.75) is 50.9 Å². The predicted octanol–water partition coefficient (Wildman–Crippen LogP) is 2.92. The maximum absolute atomic E-state index is 13.8. The Morgan fingerprint density at radius 1 is 1.43 bits per heavy atom. The third-order valence-corrected chi connectivity index (χ3v) is 4.81. The molecule has 0 aliphatic carbocycles. The van der Waals surface area contributed by atoms with E-state index in [2.05, 4.69) is 12.2 Å². The Balaban J connectivity index is 1.71. The molecule has 2 aliphatic heterocycles. The van der Waals surface area contributed by atoms with Gasteiger partial charge in [-0.05, 0) is 49.9 Å². The van der Waals surface area contributed by atoms with Crippen LogP contribution in [0.2, 0.25) is 0 Å². The van der Waals surface area contributed by atoms with Crippen LogP contribution in [0.4, 0.5) is 4.39 Å². The van der Waals surface area contributed by atoms with Crippen molar-refractivity contribution in [3.05, 3.63) is 29.6 Å². The van der Waals surface area contributed by atoms with Crippen LogP contribution < -0.4 is 10.1 Å². The number of halogens is 1. The lowest BCUT2D eigenvalue weighted by atomic mass is 9.81. The van der Waals surface area contributed by atoms with Crippen molar-refractivity contribution in [3.8, 4) is 5.75 Å². The van der Waals surface area contributed by atoms with Crippen molar-refractivity contribution >= 4 is 0 Å². The zero-order valence-corrected chi connectivity index (χ0v) is 12.8. The molecule has 2 saturated heterocycles. The Morgan fingerprint density at radius 3 is 2.86 bits per heavy atom. The molecule has 1 aromatic carbocycles. The molecule has 0 aromatic heterocycles. The van der Waals surface area contributed by atoms with Crippen LogP contribution in [0.15, 0.2) is 18.2 Å². The minimum Gasteiger partial charge on any atom is -0.494 e. The summed E-state index contributed by atoms with van der Waals surface area (Å²) in [5.41, 5.74) is 1.02. The Hall–Kier alpha value is -1.13. The van der Waals surface area contributed by atoms with E-state index in [-0.39, 0.29) is 5.82 Å². The highest BCUT2D eigenvalue weighted by Gasteiger charge is 2.44. The Morgan fingerprint density at radius 2 is 2.29 bits per heavy atom. The molecule has 3 nitrogen and oxygen atoms in total. The van der Waals surface area contributed by atoms with Gasteiger partial charge >= 0.3 is 0 Å². The van der Waals surface area contributed by atoms with Crippen molar-refractivity contribution in [3.63, 3.8) is 0 Å². The van der Waals surface area contributed by atoms with E-state index in [1.165, 1.54) is 20.0 Å². The fraction of sp³-hybridized carbons (Fsp3) is 0.647. The summed E-state index contributed by atoms with van der Waals surface area (Å²) in [5, 5.41) is 3.57. The first-order valence-electron chi connectivity index (χ1n) is 7.92. The molecule has 0 spiro atoms. The summed E-state index contributed by atoms with van der Waals surface area (Å²) in [7, 11) is 1.49. The van der Waals surface area contributed by atoms with Crippen LogP contribution in [0.3, 0.4) is 0 Å². The Kier molecular flexibility index (Phi) is 4.45. The van der Waals surface area contributed by atoms with E-state index < -0.39 is 0 Å². The second-order valence-corrected chi connectivity index (χ2v) is 6.11. The van der Waals surface area contributed by atoms with Crippen LogP contribution in [-0.4, -0.2) is 31.9 Å². The van der Waals surface area contributed by atoms with E-state index in [0.717, 1.165) is 24.9 Å². The number of methoxy groups -OCH3 is 1. The van der Waals surface area contributed by atoms with Gasteiger partial charge in [-0.15, -0.1) is 0 Å². The highest BCUT2D eigenvalue weighted by molar-refractivity contribution is 5.30. The molecule has 2 fully saturated rings. The lowest BCUT2D eigenvalue weighted by Crippen LogP contribution is -2.42. The minimum atomic E-state index is -0.283. The van der Waals surface area contributed by atoms with Gasteiger partial charge in [0, 0.05) is 12.0 Å². The summed E-state index contributed by atoms with van der Waals surface area (Å²) in [6.45, 7) is 3.05. The average molecular weight is 293 g/mol. The molecule has 2 bridgehead atoms. The SMILES string of the molecule is CCNC(Cc1ccc(OC)c(F)c1)C1CC2CCC1O2. The quantitative estimate of drug-likeness (QED) is 0.875. The fourth-order valence-corrected chi connectivity index (χ4v) is 3.83. The van der Waals surface area contributed by atoms with Crippen molar-refractivity contribution in [1.82, 2.24) is 5.32 Å². The monoisotopic (exact) mass is 293 g/mol. The van der Waals surface area contributed by atoms with E-state index in [1.807, 2.05) is 6.07 Å². The van der Waals surface area contributed by atoms with Crippen LogP contribution in [-0.2, 0) is 11.2 Å². The Bertz CT molecular complexity index is 494. The number of fused-ring (bicyclic) bond motifs is 2. The molecule has 0 saturated carbocycles. The lowest BCUT2D eigenvalue weighted by molar-refractivity contribution is 0.0858. The van der Waals surface area contributed by atoms with Crippen molar-refractivity contribution in [2.24, 2.45) is 5.92 Å². The molecule has 116 valence electrons. The molecule has 2 aliphatic rings. The average Bonchev–Trinajstić information content (AvgIpc) is 3.10. The van der Waals surface area contributed by atoms with Crippen molar-refractivity contribution in [1.29, 1.82) is 0 Å². The van der Waals surface area contributed by atoms with Gasteiger partial charge in [0.15, 0.2) is 11.6 Å². The zero-order chi connectivity index (χ0) is 14.8. The molecule has 0 radical (unpaired) electrons. The maximum Gasteiger partial charge on any atom is 0.165 e. The third-order valence-electron chi connectivity index (χ3n) is 4.81. The number of likely N-dealkylation sites (N-methyl/N-ethyl adjacent to an activating group) is 1. The summed E-state index contributed by atoms with van der Waals surface area (Å²) in [4.78, 5) is 0. The summed E-state index contributed by atoms with van der Waals surface area (Å²) in [6, 6.07) is 5.63. The van der Waals surface area contributed by atoms with Gasteiger partial charge in [0.25, 0.3) is 0 Å². The number of hydrogen-bond acceptors (Lipinski definition) is 3. The summed E-state index contributed by atoms with van der Waals surface area (Å²) in [6.07, 6.45) is 5.20. The van der Waals surface area contributed by atoms with E-state index in [1.54, 1.807) is 12.1 Å². The van der Waals surface area contributed by atoms with Gasteiger partial charge < -0.3 is 14.8 Å². The molecule has 2 heterocycles. The standard InChI is InChI=1S/C17H24FNO2/c1-3-19-15(13-10-12-5-7-16(13)21-12)9-11-4-6-17(20-2)14(18)8-11/h4,6,8,12-13,15-16,19H,3,5,7,9-10H2,1-2H3. The number of nitrogens with one attached hydrogen (secondary N) is 1. The van der Waals surface area contributed by atoms with E-state index in [9.17, 15) is 4.39 Å². The van der Waals surface area contributed by atoms with Gasteiger partial charge in [-0.3, -0.25) is 0 Å². The van der Waals surface area contributed by atoms with Crippen LogP contribution in [0, 0.1) is 11.7 Å². The largest absolute Gasteiger partial charge is 0.494 e.